The Balaban J connectivity index is 1.40. The molecule has 0 N–H and O–H groups in total. The number of piperidine rings is 1. The number of likely N-dealkylation sites (tertiary alicyclic amines) is 1. The summed E-state index contributed by atoms with van der Waals surface area (Å²) in [5.41, 5.74) is 0. The van der Waals surface area contributed by atoms with Gasteiger partial charge in [-0.15, -0.1) is 0 Å². The van der Waals surface area contributed by atoms with E-state index >= 15 is 0 Å². The van der Waals surface area contributed by atoms with Crippen LogP contribution in [0.4, 0.5) is 0 Å². The first-order chi connectivity index (χ1) is 9.42. The average molecular weight is 263 g/mol. The minimum Gasteiger partial charge on any atom is -0.493 e. The van der Waals surface area contributed by atoms with E-state index in [0.717, 1.165) is 36.8 Å². The monoisotopic (exact) mass is 263 g/mol. The van der Waals surface area contributed by atoms with Crippen molar-refractivity contribution in [1.29, 1.82) is 0 Å². The Bertz CT molecular complexity index is 416. The molecule has 0 unspecified atom stereocenters. The minimum absolute atomic E-state index is 0.313. The zero-order valence-corrected chi connectivity index (χ0v) is 11.3. The Hall–Kier alpha value is -1.42. The maximum Gasteiger partial charge on any atom is 0.231 e. The van der Waals surface area contributed by atoms with Crippen LogP contribution in [0.1, 0.15) is 25.7 Å². The third-order valence-electron chi connectivity index (χ3n) is 3.68. The van der Waals surface area contributed by atoms with Gasteiger partial charge in [0, 0.05) is 12.6 Å². The Labute approximate surface area is 114 Å². The van der Waals surface area contributed by atoms with Gasteiger partial charge in [-0.05, 0) is 44.5 Å². The normalized spacial score (nSPS) is 18.5. The van der Waals surface area contributed by atoms with E-state index in [1.165, 1.54) is 32.4 Å². The summed E-state index contributed by atoms with van der Waals surface area (Å²) in [7, 11) is 0. The quantitative estimate of drug-likeness (QED) is 0.764. The molecular formula is C15H21NO3. The molecular weight excluding hydrogens is 242 g/mol. The van der Waals surface area contributed by atoms with Crippen LogP contribution in [0.2, 0.25) is 0 Å². The number of hydrogen-bond donors (Lipinski definition) is 0. The van der Waals surface area contributed by atoms with E-state index in [1.807, 2.05) is 18.2 Å². The van der Waals surface area contributed by atoms with Crippen LogP contribution in [0, 0.1) is 0 Å². The highest BCUT2D eigenvalue weighted by atomic mass is 16.7. The predicted molar refractivity (Wildman–Crippen MR) is 73.0 cm³/mol. The smallest absolute Gasteiger partial charge is 0.231 e. The van der Waals surface area contributed by atoms with Crippen LogP contribution in [0.5, 0.6) is 17.2 Å². The van der Waals surface area contributed by atoms with Gasteiger partial charge in [0.1, 0.15) is 5.75 Å². The van der Waals surface area contributed by atoms with Gasteiger partial charge >= 0.3 is 0 Å². The highest BCUT2D eigenvalue weighted by molar-refractivity contribution is 5.46. The molecule has 0 saturated carbocycles. The molecule has 19 heavy (non-hydrogen) atoms. The van der Waals surface area contributed by atoms with Crippen molar-refractivity contribution in [3.05, 3.63) is 18.2 Å². The molecule has 0 radical (unpaired) electrons. The van der Waals surface area contributed by atoms with Crippen LogP contribution in [0.25, 0.3) is 0 Å². The second kappa shape index (κ2) is 6.15. The van der Waals surface area contributed by atoms with E-state index < -0.39 is 0 Å². The molecule has 2 heterocycles. The highest BCUT2D eigenvalue weighted by Crippen LogP contribution is 2.35. The van der Waals surface area contributed by atoms with Crippen LogP contribution in [0.15, 0.2) is 18.2 Å². The van der Waals surface area contributed by atoms with Crippen molar-refractivity contribution in [2.24, 2.45) is 0 Å². The van der Waals surface area contributed by atoms with E-state index in [4.69, 9.17) is 14.2 Å². The molecule has 4 nitrogen and oxygen atoms in total. The van der Waals surface area contributed by atoms with E-state index in [2.05, 4.69) is 4.90 Å². The molecule has 1 saturated heterocycles. The van der Waals surface area contributed by atoms with Crippen molar-refractivity contribution in [2.45, 2.75) is 25.7 Å². The molecule has 0 aromatic heterocycles. The van der Waals surface area contributed by atoms with E-state index in [9.17, 15) is 0 Å². The van der Waals surface area contributed by atoms with Gasteiger partial charge in [0.05, 0.1) is 6.61 Å². The number of benzene rings is 1. The summed E-state index contributed by atoms with van der Waals surface area (Å²) < 4.78 is 16.4. The lowest BCUT2D eigenvalue weighted by molar-refractivity contribution is 0.173. The number of hydrogen-bond acceptors (Lipinski definition) is 4. The summed E-state index contributed by atoms with van der Waals surface area (Å²) in [6.45, 7) is 4.72. The van der Waals surface area contributed by atoms with Gasteiger partial charge in [0.25, 0.3) is 0 Å². The second-order valence-corrected chi connectivity index (χ2v) is 5.12. The lowest BCUT2D eigenvalue weighted by Crippen LogP contribution is -2.31. The summed E-state index contributed by atoms with van der Waals surface area (Å²) >= 11 is 0. The molecule has 0 atom stereocenters. The molecule has 3 rings (SSSR count). The molecule has 2 aliphatic heterocycles. The third kappa shape index (κ3) is 3.32. The standard InChI is InChI=1S/C15H21NO3/c1-2-7-16(8-3-1)9-4-10-17-13-5-6-14-15(11-13)19-12-18-14/h5-6,11H,1-4,7-10,12H2. The van der Waals surface area contributed by atoms with Crippen molar-refractivity contribution in [3.63, 3.8) is 0 Å². The van der Waals surface area contributed by atoms with Crippen molar-refractivity contribution in [3.8, 4) is 17.2 Å². The molecule has 4 heteroatoms. The summed E-state index contributed by atoms with van der Waals surface area (Å²) in [6.07, 6.45) is 5.17. The Kier molecular flexibility index (Phi) is 4.08. The lowest BCUT2D eigenvalue weighted by atomic mass is 10.1. The number of ether oxygens (including phenoxy) is 3. The van der Waals surface area contributed by atoms with Gasteiger partial charge in [0.15, 0.2) is 11.5 Å². The molecule has 0 spiro atoms. The minimum atomic E-state index is 0.313. The van der Waals surface area contributed by atoms with Gasteiger partial charge in [-0.25, -0.2) is 0 Å². The van der Waals surface area contributed by atoms with Gasteiger partial charge in [-0.2, -0.15) is 0 Å². The molecule has 0 aliphatic carbocycles. The van der Waals surface area contributed by atoms with Crippen LogP contribution in [-0.2, 0) is 0 Å². The predicted octanol–water partition coefficient (Wildman–Crippen LogP) is 2.67. The zero-order valence-electron chi connectivity index (χ0n) is 11.3. The second-order valence-electron chi connectivity index (χ2n) is 5.12. The summed E-state index contributed by atoms with van der Waals surface area (Å²) in [6, 6.07) is 5.75. The third-order valence-corrected chi connectivity index (χ3v) is 3.68. The van der Waals surface area contributed by atoms with E-state index in [1.54, 1.807) is 0 Å². The number of rotatable bonds is 5. The number of fused-ring (bicyclic) bond motifs is 1. The lowest BCUT2D eigenvalue weighted by Gasteiger charge is -2.26. The Morgan fingerprint density at radius 1 is 1.05 bits per heavy atom. The Morgan fingerprint density at radius 3 is 2.79 bits per heavy atom. The summed E-state index contributed by atoms with van der Waals surface area (Å²) in [4.78, 5) is 2.53. The molecule has 0 bridgehead atoms. The molecule has 1 aromatic rings. The largest absolute Gasteiger partial charge is 0.493 e. The topological polar surface area (TPSA) is 30.9 Å². The van der Waals surface area contributed by atoms with Crippen LogP contribution < -0.4 is 14.2 Å². The van der Waals surface area contributed by atoms with Gasteiger partial charge < -0.3 is 19.1 Å². The van der Waals surface area contributed by atoms with Crippen molar-refractivity contribution < 1.29 is 14.2 Å². The fourth-order valence-electron chi connectivity index (χ4n) is 2.63. The molecule has 1 aromatic carbocycles. The van der Waals surface area contributed by atoms with Crippen molar-refractivity contribution in [1.82, 2.24) is 4.90 Å². The summed E-state index contributed by atoms with van der Waals surface area (Å²) in [5.74, 6) is 2.46. The summed E-state index contributed by atoms with van der Waals surface area (Å²) in [5, 5.41) is 0. The molecule has 2 aliphatic rings. The molecule has 0 amide bonds. The van der Waals surface area contributed by atoms with Gasteiger partial charge in [-0.1, -0.05) is 6.42 Å². The SMILES string of the molecule is c1cc2c(cc1OCCCN1CCCCC1)OCO2. The van der Waals surface area contributed by atoms with Crippen molar-refractivity contribution >= 4 is 0 Å². The van der Waals surface area contributed by atoms with Gasteiger partial charge in [0.2, 0.25) is 6.79 Å². The van der Waals surface area contributed by atoms with Gasteiger partial charge in [-0.3, -0.25) is 0 Å². The highest BCUT2D eigenvalue weighted by Gasteiger charge is 2.14. The van der Waals surface area contributed by atoms with E-state index in [-0.39, 0.29) is 0 Å². The molecule has 104 valence electrons. The van der Waals surface area contributed by atoms with Crippen LogP contribution in [-0.4, -0.2) is 37.9 Å². The fraction of sp³-hybridized carbons (Fsp3) is 0.600. The first-order valence-electron chi connectivity index (χ1n) is 7.17. The maximum atomic E-state index is 5.76. The van der Waals surface area contributed by atoms with Crippen LogP contribution in [0.3, 0.4) is 0 Å². The maximum absolute atomic E-state index is 5.76. The first kappa shape index (κ1) is 12.6. The zero-order chi connectivity index (χ0) is 12.9. The van der Waals surface area contributed by atoms with Crippen molar-refractivity contribution in [2.75, 3.05) is 33.0 Å². The van der Waals surface area contributed by atoms with Crippen LogP contribution >= 0.6 is 0 Å². The number of nitrogens with zero attached hydrogens (tertiary/aromatic N) is 1. The fourth-order valence-corrected chi connectivity index (χ4v) is 2.63. The Morgan fingerprint density at radius 2 is 1.89 bits per heavy atom. The molecule has 1 fully saturated rings. The van der Waals surface area contributed by atoms with E-state index in [0.29, 0.717) is 6.79 Å². The average Bonchev–Trinajstić information content (AvgIpc) is 2.92. The first-order valence-corrected chi connectivity index (χ1v) is 7.17.